The monoisotopic (exact) mass is 262 g/mol. The number of nitrogens with one attached hydrogen (secondary N) is 2. The minimum atomic E-state index is -1.40. The van der Waals surface area contributed by atoms with Crippen molar-refractivity contribution in [1.82, 2.24) is 10.6 Å². The van der Waals surface area contributed by atoms with E-state index >= 15 is 0 Å². The zero-order valence-electron chi connectivity index (χ0n) is 9.01. The number of rotatable bonds is 5. The molecule has 0 spiro atoms. The summed E-state index contributed by atoms with van der Waals surface area (Å²) < 4.78 is 0. The first kappa shape index (κ1) is 13.6. The lowest BCUT2D eigenvalue weighted by atomic mass is 10.2. The van der Waals surface area contributed by atoms with E-state index in [-0.39, 0.29) is 6.04 Å². The molecule has 7 nitrogen and oxygen atoms in total. The zero-order chi connectivity index (χ0) is 12.8. The van der Waals surface area contributed by atoms with Crippen LogP contribution in [0, 0.1) is 0 Å². The first-order valence-electron chi connectivity index (χ1n) is 5.08. The topological polar surface area (TPSA) is 116 Å². The molecule has 4 N–H and O–H groups in total. The molecule has 0 aliphatic carbocycles. The molecule has 1 heterocycles. The molecule has 0 radical (unpaired) electrons. The Kier molecular flexibility index (Phi) is 5.08. The first-order chi connectivity index (χ1) is 7.99. The van der Waals surface area contributed by atoms with E-state index in [1.54, 1.807) is 11.8 Å². The number of hydrogen-bond acceptors (Lipinski definition) is 4. The van der Waals surface area contributed by atoms with Gasteiger partial charge in [-0.1, -0.05) is 0 Å². The van der Waals surface area contributed by atoms with E-state index < -0.39 is 30.4 Å². The normalized spacial score (nSPS) is 20.6. The Labute approximate surface area is 102 Å². The summed E-state index contributed by atoms with van der Waals surface area (Å²) in [6.07, 6.45) is 0.205. The van der Waals surface area contributed by atoms with Gasteiger partial charge in [-0.3, -0.25) is 4.79 Å². The fourth-order valence-electron chi connectivity index (χ4n) is 1.41. The molecule has 0 saturated carbocycles. The van der Waals surface area contributed by atoms with Crippen molar-refractivity contribution in [1.29, 1.82) is 0 Å². The van der Waals surface area contributed by atoms with Crippen molar-refractivity contribution in [3.05, 3.63) is 0 Å². The van der Waals surface area contributed by atoms with E-state index in [4.69, 9.17) is 10.2 Å². The molecule has 0 aromatic carbocycles. The molecule has 0 aromatic heterocycles. The van der Waals surface area contributed by atoms with E-state index in [2.05, 4.69) is 10.6 Å². The zero-order valence-corrected chi connectivity index (χ0v) is 9.83. The average molecular weight is 262 g/mol. The van der Waals surface area contributed by atoms with Crippen molar-refractivity contribution in [2.75, 3.05) is 11.5 Å². The molecule has 1 aliphatic heterocycles. The van der Waals surface area contributed by atoms with Gasteiger partial charge in [-0.15, -0.1) is 0 Å². The predicted octanol–water partition coefficient (Wildman–Crippen LogP) is -0.281. The van der Waals surface area contributed by atoms with Gasteiger partial charge in [0.25, 0.3) is 0 Å². The number of urea groups is 1. The lowest BCUT2D eigenvalue weighted by Crippen LogP contribution is -2.49. The maximum absolute atomic E-state index is 11.4. The highest BCUT2D eigenvalue weighted by Gasteiger charge is 2.24. The van der Waals surface area contributed by atoms with Crippen LogP contribution in [0.15, 0.2) is 0 Å². The number of hydrogen-bond donors (Lipinski definition) is 4. The number of thioether (sulfide) groups is 1. The Morgan fingerprint density at radius 3 is 2.53 bits per heavy atom. The van der Waals surface area contributed by atoms with Crippen molar-refractivity contribution < 1.29 is 24.6 Å². The lowest BCUT2D eigenvalue weighted by molar-refractivity contribution is -0.145. The molecule has 1 aliphatic rings. The maximum Gasteiger partial charge on any atom is 0.326 e. The number of amides is 2. The van der Waals surface area contributed by atoms with Crippen molar-refractivity contribution in [3.63, 3.8) is 0 Å². The van der Waals surface area contributed by atoms with Gasteiger partial charge in [-0.05, 0) is 12.2 Å². The van der Waals surface area contributed by atoms with Gasteiger partial charge in [0.2, 0.25) is 0 Å². The summed E-state index contributed by atoms with van der Waals surface area (Å²) in [7, 11) is 0. The highest BCUT2D eigenvalue weighted by atomic mass is 32.2. The number of carboxylic acids is 2. The fraction of sp³-hybridized carbons (Fsp3) is 0.667. The second-order valence-corrected chi connectivity index (χ2v) is 4.82. The minimum Gasteiger partial charge on any atom is -0.481 e. The number of carboxylic acid groups (broad SMARTS) is 2. The third-order valence-electron chi connectivity index (χ3n) is 2.25. The van der Waals surface area contributed by atoms with Crippen LogP contribution in [0.25, 0.3) is 0 Å². The highest BCUT2D eigenvalue weighted by Crippen LogP contribution is 2.16. The number of carbonyl (C=O) groups is 3. The Morgan fingerprint density at radius 1 is 1.35 bits per heavy atom. The van der Waals surface area contributed by atoms with Crippen LogP contribution in [0.4, 0.5) is 4.79 Å². The van der Waals surface area contributed by atoms with Crippen LogP contribution in [0.2, 0.25) is 0 Å². The molecule has 0 bridgehead atoms. The van der Waals surface area contributed by atoms with Crippen LogP contribution >= 0.6 is 11.8 Å². The van der Waals surface area contributed by atoms with Crippen molar-refractivity contribution in [2.24, 2.45) is 0 Å². The number of carbonyl (C=O) groups excluding carboxylic acids is 1. The average Bonchev–Trinajstić information content (AvgIpc) is 2.68. The summed E-state index contributed by atoms with van der Waals surface area (Å²) in [6, 6.07) is -2.01. The molecule has 17 heavy (non-hydrogen) atoms. The van der Waals surface area contributed by atoms with Crippen molar-refractivity contribution in [2.45, 2.75) is 24.9 Å². The van der Waals surface area contributed by atoms with Gasteiger partial charge in [0.15, 0.2) is 0 Å². The van der Waals surface area contributed by atoms with Gasteiger partial charge in [0.05, 0.1) is 6.42 Å². The molecule has 2 atom stereocenters. The van der Waals surface area contributed by atoms with Gasteiger partial charge >= 0.3 is 18.0 Å². The molecule has 1 unspecified atom stereocenters. The summed E-state index contributed by atoms with van der Waals surface area (Å²) in [6.45, 7) is 0. The van der Waals surface area contributed by atoms with E-state index in [1.807, 2.05) is 0 Å². The predicted molar refractivity (Wildman–Crippen MR) is 61.1 cm³/mol. The summed E-state index contributed by atoms with van der Waals surface area (Å²) >= 11 is 1.71. The first-order valence-corrected chi connectivity index (χ1v) is 6.24. The largest absolute Gasteiger partial charge is 0.481 e. The Balaban J connectivity index is 2.40. The highest BCUT2D eigenvalue weighted by molar-refractivity contribution is 7.99. The third-order valence-corrected chi connectivity index (χ3v) is 3.41. The van der Waals surface area contributed by atoms with Crippen LogP contribution in [0.3, 0.4) is 0 Å². The van der Waals surface area contributed by atoms with E-state index in [0.717, 1.165) is 17.9 Å². The third kappa shape index (κ3) is 4.94. The fourth-order valence-corrected chi connectivity index (χ4v) is 2.56. The summed E-state index contributed by atoms with van der Waals surface area (Å²) in [5, 5.41) is 22.0. The molecule has 8 heteroatoms. The molecular weight excluding hydrogens is 248 g/mol. The van der Waals surface area contributed by atoms with Crippen LogP contribution in [0.5, 0.6) is 0 Å². The van der Waals surface area contributed by atoms with E-state index in [0.29, 0.717) is 0 Å². The van der Waals surface area contributed by atoms with Gasteiger partial charge in [0.1, 0.15) is 6.04 Å². The van der Waals surface area contributed by atoms with Gasteiger partial charge in [0, 0.05) is 11.8 Å². The van der Waals surface area contributed by atoms with Gasteiger partial charge in [-0.2, -0.15) is 11.8 Å². The second-order valence-electron chi connectivity index (χ2n) is 3.67. The van der Waals surface area contributed by atoms with Crippen LogP contribution in [-0.2, 0) is 9.59 Å². The summed E-state index contributed by atoms with van der Waals surface area (Å²) in [4.78, 5) is 32.5. The maximum atomic E-state index is 11.4. The summed E-state index contributed by atoms with van der Waals surface area (Å²) in [5.74, 6) is -0.871. The van der Waals surface area contributed by atoms with Crippen molar-refractivity contribution in [3.8, 4) is 0 Å². The number of aliphatic carboxylic acids is 2. The van der Waals surface area contributed by atoms with Gasteiger partial charge in [-0.25, -0.2) is 9.59 Å². The summed E-state index contributed by atoms with van der Waals surface area (Å²) in [5.41, 5.74) is 0. The molecule has 1 saturated heterocycles. The minimum absolute atomic E-state index is 0.0271. The second kappa shape index (κ2) is 6.33. The molecule has 96 valence electrons. The quantitative estimate of drug-likeness (QED) is 0.541. The van der Waals surface area contributed by atoms with E-state index in [1.165, 1.54) is 0 Å². The molecular formula is C9H14N2O5S. The Hall–Kier alpha value is -1.44. The van der Waals surface area contributed by atoms with Crippen LogP contribution < -0.4 is 10.6 Å². The smallest absolute Gasteiger partial charge is 0.326 e. The van der Waals surface area contributed by atoms with E-state index in [9.17, 15) is 14.4 Å². The van der Waals surface area contributed by atoms with Crippen LogP contribution in [0.1, 0.15) is 12.8 Å². The molecule has 2 amide bonds. The standard InChI is InChI=1S/C9H14N2O5S/c12-7(13)3-6(8(14)15)11-9(16)10-5-1-2-17-4-5/h5-6H,1-4H2,(H,12,13)(H,14,15)(H2,10,11,16)/t5?,6-/m1/s1. The lowest BCUT2D eigenvalue weighted by Gasteiger charge is -2.16. The molecule has 1 fully saturated rings. The van der Waals surface area contributed by atoms with Crippen LogP contribution in [-0.4, -0.2) is 51.8 Å². The van der Waals surface area contributed by atoms with Crippen molar-refractivity contribution >= 4 is 29.7 Å². The Morgan fingerprint density at radius 2 is 2.06 bits per heavy atom. The Bertz CT molecular complexity index is 317. The molecule has 0 aromatic rings. The van der Waals surface area contributed by atoms with Gasteiger partial charge < -0.3 is 20.8 Å². The SMILES string of the molecule is O=C(O)C[C@@H](NC(=O)NC1CCSC1)C(=O)O. The molecule has 1 rings (SSSR count).